The van der Waals surface area contributed by atoms with Crippen LogP contribution in [0.4, 0.5) is 0 Å². The molecule has 1 aliphatic heterocycles. The number of hydrogen-bond donors (Lipinski definition) is 2. The first-order valence-electron chi connectivity index (χ1n) is 6.64. The Labute approximate surface area is 113 Å². The van der Waals surface area contributed by atoms with Gasteiger partial charge in [-0.05, 0) is 12.3 Å². The second kappa shape index (κ2) is 7.23. The van der Waals surface area contributed by atoms with Crippen molar-refractivity contribution in [1.29, 1.82) is 0 Å². The fourth-order valence-electron chi connectivity index (χ4n) is 2.10. The van der Waals surface area contributed by atoms with Gasteiger partial charge < -0.3 is 10.4 Å². The molecule has 0 spiro atoms. The van der Waals surface area contributed by atoms with Crippen LogP contribution in [0.5, 0.6) is 0 Å². The van der Waals surface area contributed by atoms with Gasteiger partial charge in [-0.15, -0.1) is 0 Å². The van der Waals surface area contributed by atoms with E-state index in [9.17, 15) is 14.4 Å². The van der Waals surface area contributed by atoms with Gasteiger partial charge in [0.2, 0.25) is 5.91 Å². The van der Waals surface area contributed by atoms with E-state index in [1.807, 2.05) is 18.7 Å². The van der Waals surface area contributed by atoms with Crippen LogP contribution in [-0.2, 0) is 14.4 Å². The maximum Gasteiger partial charge on any atom is 0.326 e. The first-order valence-corrected chi connectivity index (χ1v) is 6.64. The van der Waals surface area contributed by atoms with Crippen molar-refractivity contribution >= 4 is 17.7 Å². The predicted octanol–water partition coefficient (Wildman–Crippen LogP) is 0.267. The minimum atomic E-state index is -1.00. The smallest absolute Gasteiger partial charge is 0.326 e. The number of carbonyl (C=O) groups is 3. The van der Waals surface area contributed by atoms with Gasteiger partial charge in [0, 0.05) is 25.9 Å². The molecule has 19 heavy (non-hydrogen) atoms. The highest BCUT2D eigenvalue weighted by molar-refractivity contribution is 5.85. The van der Waals surface area contributed by atoms with Crippen molar-refractivity contribution in [3.05, 3.63) is 0 Å². The molecule has 1 amide bonds. The number of carboxylic acids is 1. The summed E-state index contributed by atoms with van der Waals surface area (Å²) in [5.74, 6) is -0.868. The fraction of sp³-hybridized carbons (Fsp3) is 0.769. The molecule has 1 atom stereocenters. The molecule has 108 valence electrons. The molecule has 0 bridgehead atoms. The molecular weight excluding hydrogens is 248 g/mol. The Morgan fingerprint density at radius 1 is 1.32 bits per heavy atom. The zero-order chi connectivity index (χ0) is 14.4. The SMILES string of the molecule is CC(C)CC(NC(=O)CN1CCC(=O)CC1)C(=O)O. The van der Waals surface area contributed by atoms with Gasteiger partial charge in [-0.1, -0.05) is 13.8 Å². The molecule has 1 fully saturated rings. The molecule has 6 heteroatoms. The maximum atomic E-state index is 11.8. The number of rotatable bonds is 6. The molecule has 1 aliphatic rings. The Morgan fingerprint density at radius 2 is 1.89 bits per heavy atom. The Balaban J connectivity index is 2.40. The van der Waals surface area contributed by atoms with Gasteiger partial charge >= 0.3 is 5.97 Å². The van der Waals surface area contributed by atoms with E-state index < -0.39 is 12.0 Å². The molecular formula is C13H22N2O4. The molecule has 0 aromatic heterocycles. The first kappa shape index (κ1) is 15.6. The van der Waals surface area contributed by atoms with Crippen LogP contribution in [0.2, 0.25) is 0 Å². The molecule has 0 radical (unpaired) electrons. The van der Waals surface area contributed by atoms with E-state index in [0.717, 1.165) is 0 Å². The number of aliphatic carboxylic acids is 1. The van der Waals surface area contributed by atoms with Gasteiger partial charge in [-0.25, -0.2) is 4.79 Å². The minimum absolute atomic E-state index is 0.162. The van der Waals surface area contributed by atoms with Crippen LogP contribution in [-0.4, -0.2) is 53.3 Å². The van der Waals surface area contributed by atoms with Crippen molar-refractivity contribution < 1.29 is 19.5 Å². The molecule has 1 unspecified atom stereocenters. The van der Waals surface area contributed by atoms with Crippen molar-refractivity contribution in [2.45, 2.75) is 39.2 Å². The lowest BCUT2D eigenvalue weighted by molar-refractivity contribution is -0.142. The molecule has 1 rings (SSSR count). The summed E-state index contributed by atoms with van der Waals surface area (Å²) in [7, 11) is 0. The number of carboxylic acid groups (broad SMARTS) is 1. The van der Waals surface area contributed by atoms with Gasteiger partial charge in [0.05, 0.1) is 6.54 Å². The van der Waals surface area contributed by atoms with Crippen LogP contribution in [0.25, 0.3) is 0 Å². The zero-order valence-electron chi connectivity index (χ0n) is 11.5. The number of carbonyl (C=O) groups excluding carboxylic acids is 2. The topological polar surface area (TPSA) is 86.7 Å². The average molecular weight is 270 g/mol. The minimum Gasteiger partial charge on any atom is -0.480 e. The highest BCUT2D eigenvalue weighted by atomic mass is 16.4. The summed E-state index contributed by atoms with van der Waals surface area (Å²) < 4.78 is 0. The second-order valence-electron chi connectivity index (χ2n) is 5.40. The van der Waals surface area contributed by atoms with Gasteiger partial charge in [0.25, 0.3) is 0 Å². The monoisotopic (exact) mass is 270 g/mol. The van der Waals surface area contributed by atoms with E-state index in [2.05, 4.69) is 5.32 Å². The van der Waals surface area contributed by atoms with E-state index >= 15 is 0 Å². The molecule has 0 aromatic carbocycles. The molecule has 0 aliphatic carbocycles. The molecule has 0 aromatic rings. The second-order valence-corrected chi connectivity index (χ2v) is 5.40. The summed E-state index contributed by atoms with van der Waals surface area (Å²) in [6, 6.07) is -0.834. The Morgan fingerprint density at radius 3 is 2.37 bits per heavy atom. The van der Waals surface area contributed by atoms with Crippen LogP contribution in [0.15, 0.2) is 0 Å². The molecule has 6 nitrogen and oxygen atoms in total. The number of likely N-dealkylation sites (tertiary alicyclic amines) is 1. The number of nitrogens with one attached hydrogen (secondary N) is 1. The van der Waals surface area contributed by atoms with E-state index in [0.29, 0.717) is 32.4 Å². The van der Waals surface area contributed by atoms with Crippen LogP contribution in [0.3, 0.4) is 0 Å². The zero-order valence-corrected chi connectivity index (χ0v) is 11.5. The van der Waals surface area contributed by atoms with E-state index in [1.54, 1.807) is 0 Å². The van der Waals surface area contributed by atoms with Crippen LogP contribution in [0.1, 0.15) is 33.1 Å². The largest absolute Gasteiger partial charge is 0.480 e. The summed E-state index contributed by atoms with van der Waals surface area (Å²) in [6.07, 6.45) is 1.36. The van der Waals surface area contributed by atoms with Gasteiger partial charge in [-0.3, -0.25) is 14.5 Å². The standard InChI is InChI=1S/C13H22N2O4/c1-9(2)7-11(13(18)19)14-12(17)8-15-5-3-10(16)4-6-15/h9,11H,3-8H2,1-2H3,(H,14,17)(H,18,19). The third kappa shape index (κ3) is 5.83. The van der Waals surface area contributed by atoms with Crippen LogP contribution in [0, 0.1) is 5.92 Å². The Bertz CT molecular complexity index is 345. The molecule has 1 heterocycles. The van der Waals surface area contributed by atoms with Crippen molar-refractivity contribution in [3.63, 3.8) is 0 Å². The Kier molecular flexibility index (Phi) is 5.95. The molecule has 0 saturated carbocycles. The maximum absolute atomic E-state index is 11.8. The fourth-order valence-corrected chi connectivity index (χ4v) is 2.10. The first-order chi connectivity index (χ1) is 8.88. The molecule has 1 saturated heterocycles. The Hall–Kier alpha value is -1.43. The van der Waals surface area contributed by atoms with Crippen molar-refractivity contribution in [3.8, 4) is 0 Å². The van der Waals surface area contributed by atoms with Crippen molar-refractivity contribution in [2.75, 3.05) is 19.6 Å². The lowest BCUT2D eigenvalue weighted by Gasteiger charge is -2.26. The lowest BCUT2D eigenvalue weighted by Crippen LogP contribution is -2.47. The van der Waals surface area contributed by atoms with E-state index in [-0.39, 0.29) is 24.2 Å². The highest BCUT2D eigenvalue weighted by Gasteiger charge is 2.23. The number of ketones is 1. The van der Waals surface area contributed by atoms with Crippen LogP contribution >= 0.6 is 0 Å². The van der Waals surface area contributed by atoms with Gasteiger partial charge in [0.1, 0.15) is 11.8 Å². The lowest BCUT2D eigenvalue weighted by atomic mass is 10.0. The normalized spacial score (nSPS) is 18.4. The quantitative estimate of drug-likeness (QED) is 0.723. The average Bonchev–Trinajstić information content (AvgIpc) is 2.30. The van der Waals surface area contributed by atoms with Gasteiger partial charge in [-0.2, -0.15) is 0 Å². The highest BCUT2D eigenvalue weighted by Crippen LogP contribution is 2.07. The predicted molar refractivity (Wildman–Crippen MR) is 69.7 cm³/mol. The third-order valence-electron chi connectivity index (χ3n) is 3.12. The molecule has 2 N–H and O–H groups in total. The number of hydrogen-bond acceptors (Lipinski definition) is 4. The summed E-state index contributed by atoms with van der Waals surface area (Å²) in [4.78, 5) is 35.8. The number of piperidine rings is 1. The van der Waals surface area contributed by atoms with E-state index in [4.69, 9.17) is 5.11 Å². The summed E-state index contributed by atoms with van der Waals surface area (Å²) in [5.41, 5.74) is 0. The summed E-state index contributed by atoms with van der Waals surface area (Å²) in [6.45, 7) is 5.15. The summed E-state index contributed by atoms with van der Waals surface area (Å²) in [5, 5.41) is 11.6. The van der Waals surface area contributed by atoms with Gasteiger partial charge in [0.15, 0.2) is 0 Å². The number of Topliss-reactive ketones (excluding diaryl/α,β-unsaturated/α-hetero) is 1. The number of amides is 1. The number of nitrogens with zero attached hydrogens (tertiary/aromatic N) is 1. The van der Waals surface area contributed by atoms with Crippen LogP contribution < -0.4 is 5.32 Å². The van der Waals surface area contributed by atoms with Crippen molar-refractivity contribution in [2.24, 2.45) is 5.92 Å². The van der Waals surface area contributed by atoms with Crippen molar-refractivity contribution in [1.82, 2.24) is 10.2 Å². The van der Waals surface area contributed by atoms with E-state index in [1.165, 1.54) is 0 Å². The third-order valence-corrected chi connectivity index (χ3v) is 3.12. The summed E-state index contributed by atoms with van der Waals surface area (Å²) >= 11 is 0.